The zero-order valence-corrected chi connectivity index (χ0v) is 17.7. The Morgan fingerprint density at radius 2 is 1.59 bits per heavy atom. The maximum absolute atomic E-state index is 12.9. The average Bonchev–Trinajstić information content (AvgIpc) is 2.99. The number of amides is 3. The lowest BCUT2D eigenvalue weighted by Gasteiger charge is -2.15. The molecule has 0 aromatic heterocycles. The summed E-state index contributed by atoms with van der Waals surface area (Å²) >= 11 is 6.18. The van der Waals surface area contributed by atoms with E-state index in [-0.39, 0.29) is 22.4 Å². The van der Waals surface area contributed by atoms with Gasteiger partial charge in [-0.3, -0.25) is 14.4 Å². The predicted molar refractivity (Wildman–Crippen MR) is 123 cm³/mol. The lowest BCUT2D eigenvalue weighted by Crippen LogP contribution is -2.32. The van der Waals surface area contributed by atoms with Crippen LogP contribution in [0.2, 0.25) is 0 Å². The maximum Gasteiger partial charge on any atom is 0.283 e. The van der Waals surface area contributed by atoms with Crippen molar-refractivity contribution in [3.05, 3.63) is 94.7 Å². The molecule has 0 bridgehead atoms. The summed E-state index contributed by atoms with van der Waals surface area (Å²) in [6.07, 6.45) is 0. The van der Waals surface area contributed by atoms with E-state index in [0.717, 1.165) is 10.5 Å². The highest BCUT2D eigenvalue weighted by atomic mass is 35.5. The molecule has 1 aliphatic rings. The zero-order chi connectivity index (χ0) is 22.8. The molecule has 0 saturated heterocycles. The number of imide groups is 1. The number of aromatic hydroxyl groups is 1. The highest BCUT2D eigenvalue weighted by Gasteiger charge is 2.38. The van der Waals surface area contributed by atoms with Crippen LogP contribution in [0.15, 0.2) is 83.5 Å². The number of carbonyl (C=O) groups excluding carboxylic acids is 3. The van der Waals surface area contributed by atoms with Gasteiger partial charge in [-0.1, -0.05) is 35.4 Å². The van der Waals surface area contributed by atoms with Crippen molar-refractivity contribution in [2.75, 3.05) is 15.5 Å². The van der Waals surface area contributed by atoms with Crippen LogP contribution in [0.5, 0.6) is 5.75 Å². The third-order valence-corrected chi connectivity index (χ3v) is 5.19. The Labute approximate surface area is 188 Å². The molecule has 32 heavy (non-hydrogen) atoms. The number of aryl methyl sites for hydroxylation is 1. The van der Waals surface area contributed by atoms with E-state index in [1.807, 2.05) is 6.92 Å². The van der Waals surface area contributed by atoms with Crippen LogP contribution >= 0.6 is 11.6 Å². The van der Waals surface area contributed by atoms with Crippen molar-refractivity contribution in [3.63, 3.8) is 0 Å². The summed E-state index contributed by atoms with van der Waals surface area (Å²) in [5, 5.41) is 14.7. The van der Waals surface area contributed by atoms with E-state index in [1.54, 1.807) is 60.7 Å². The fraction of sp³-hybridized carbons (Fsp3) is 0.0417. The summed E-state index contributed by atoms with van der Waals surface area (Å²) in [7, 11) is 0. The minimum Gasteiger partial charge on any atom is -0.508 e. The molecule has 3 amide bonds. The molecule has 0 atom stereocenters. The van der Waals surface area contributed by atoms with E-state index in [0.29, 0.717) is 22.6 Å². The number of benzene rings is 3. The summed E-state index contributed by atoms with van der Waals surface area (Å²) < 4.78 is 0. The molecule has 0 unspecified atom stereocenters. The number of phenolic OH excluding ortho intramolecular Hbond substituents is 1. The van der Waals surface area contributed by atoms with Crippen LogP contribution in [-0.2, 0) is 9.59 Å². The SMILES string of the molecule is Cc1ccc(N2C(=O)C(Cl)=C(Nc3cccc(C(=O)Nc4ccc(O)cc4)c3)C2=O)cc1. The quantitative estimate of drug-likeness (QED) is 0.398. The van der Waals surface area contributed by atoms with E-state index >= 15 is 0 Å². The fourth-order valence-corrected chi connectivity index (χ4v) is 3.38. The van der Waals surface area contributed by atoms with Gasteiger partial charge >= 0.3 is 0 Å². The molecule has 1 aliphatic heterocycles. The molecule has 160 valence electrons. The van der Waals surface area contributed by atoms with Crippen molar-refractivity contribution in [2.45, 2.75) is 6.92 Å². The monoisotopic (exact) mass is 447 g/mol. The second kappa shape index (κ2) is 8.56. The van der Waals surface area contributed by atoms with Crippen molar-refractivity contribution < 1.29 is 19.5 Å². The Kier molecular flexibility index (Phi) is 5.66. The van der Waals surface area contributed by atoms with Crippen molar-refractivity contribution in [2.24, 2.45) is 0 Å². The number of nitrogens with zero attached hydrogens (tertiary/aromatic N) is 1. The van der Waals surface area contributed by atoms with Gasteiger partial charge in [0.15, 0.2) is 0 Å². The molecule has 0 radical (unpaired) electrons. The highest BCUT2D eigenvalue weighted by Crippen LogP contribution is 2.30. The first-order chi connectivity index (χ1) is 15.3. The minimum atomic E-state index is -0.621. The van der Waals surface area contributed by atoms with Gasteiger partial charge in [-0.2, -0.15) is 0 Å². The van der Waals surface area contributed by atoms with Crippen LogP contribution in [0.1, 0.15) is 15.9 Å². The second-order valence-corrected chi connectivity index (χ2v) is 7.56. The number of phenols is 1. The molecule has 0 spiro atoms. The molecule has 7 nitrogen and oxygen atoms in total. The molecule has 0 saturated carbocycles. The van der Waals surface area contributed by atoms with Crippen molar-refractivity contribution in [3.8, 4) is 5.75 Å². The molecule has 3 N–H and O–H groups in total. The topological polar surface area (TPSA) is 98.7 Å². The molecular weight excluding hydrogens is 430 g/mol. The van der Waals surface area contributed by atoms with Crippen molar-refractivity contribution in [1.82, 2.24) is 0 Å². The first-order valence-corrected chi connectivity index (χ1v) is 10.0. The standard InChI is InChI=1S/C24H18ClN3O4/c1-14-5-9-18(10-6-14)28-23(31)20(25)21(24(28)32)26-17-4-2-3-15(13-17)22(30)27-16-7-11-19(29)12-8-16/h2-13,26,29H,1H3,(H,27,30). The Morgan fingerprint density at radius 1 is 0.906 bits per heavy atom. The highest BCUT2D eigenvalue weighted by molar-refractivity contribution is 6.53. The van der Waals surface area contributed by atoms with Crippen molar-refractivity contribution in [1.29, 1.82) is 0 Å². The van der Waals surface area contributed by atoms with E-state index in [2.05, 4.69) is 10.6 Å². The van der Waals surface area contributed by atoms with Gasteiger partial charge in [-0.15, -0.1) is 0 Å². The molecule has 1 heterocycles. The number of hydrogen-bond acceptors (Lipinski definition) is 5. The second-order valence-electron chi connectivity index (χ2n) is 7.18. The first kappa shape index (κ1) is 21.1. The minimum absolute atomic E-state index is 0.0617. The van der Waals surface area contributed by atoms with Crippen LogP contribution in [0.25, 0.3) is 0 Å². The molecular formula is C24H18ClN3O4. The van der Waals surface area contributed by atoms with Gasteiger partial charge in [0.05, 0.1) is 5.69 Å². The van der Waals surface area contributed by atoms with E-state index in [9.17, 15) is 19.5 Å². The maximum atomic E-state index is 12.9. The Balaban J connectivity index is 1.53. The molecule has 4 rings (SSSR count). The van der Waals surface area contributed by atoms with Crippen LogP contribution < -0.4 is 15.5 Å². The largest absolute Gasteiger partial charge is 0.508 e. The lowest BCUT2D eigenvalue weighted by atomic mass is 10.1. The molecule has 8 heteroatoms. The average molecular weight is 448 g/mol. The van der Waals surface area contributed by atoms with Crippen LogP contribution in [0.3, 0.4) is 0 Å². The van der Waals surface area contributed by atoms with Gasteiger partial charge in [0.1, 0.15) is 16.5 Å². The lowest BCUT2D eigenvalue weighted by molar-refractivity contribution is -0.120. The number of hydrogen-bond donors (Lipinski definition) is 3. The van der Waals surface area contributed by atoms with Gasteiger partial charge < -0.3 is 15.7 Å². The van der Waals surface area contributed by atoms with Gasteiger partial charge in [-0.05, 0) is 61.5 Å². The van der Waals surface area contributed by atoms with E-state index < -0.39 is 11.8 Å². The number of anilines is 3. The number of rotatable bonds is 5. The van der Waals surface area contributed by atoms with Crippen LogP contribution in [0.4, 0.5) is 17.1 Å². The van der Waals surface area contributed by atoms with Gasteiger partial charge in [0.25, 0.3) is 17.7 Å². The Morgan fingerprint density at radius 3 is 2.28 bits per heavy atom. The van der Waals surface area contributed by atoms with E-state index in [4.69, 9.17) is 11.6 Å². The smallest absolute Gasteiger partial charge is 0.283 e. The Bertz CT molecular complexity index is 1250. The first-order valence-electron chi connectivity index (χ1n) is 9.66. The van der Waals surface area contributed by atoms with Gasteiger partial charge in [0.2, 0.25) is 0 Å². The molecule has 3 aromatic carbocycles. The molecule has 3 aromatic rings. The summed E-state index contributed by atoms with van der Waals surface area (Å²) in [5.74, 6) is -1.49. The summed E-state index contributed by atoms with van der Waals surface area (Å²) in [4.78, 5) is 39.1. The fourth-order valence-electron chi connectivity index (χ4n) is 3.17. The summed E-state index contributed by atoms with van der Waals surface area (Å²) in [6, 6.07) is 19.5. The number of nitrogens with one attached hydrogen (secondary N) is 2. The number of carbonyl (C=O) groups is 3. The van der Waals surface area contributed by atoms with E-state index in [1.165, 1.54) is 12.1 Å². The molecule has 0 aliphatic carbocycles. The third-order valence-electron chi connectivity index (χ3n) is 4.84. The third kappa shape index (κ3) is 4.19. The van der Waals surface area contributed by atoms with Gasteiger partial charge in [0, 0.05) is 16.9 Å². The van der Waals surface area contributed by atoms with Gasteiger partial charge in [-0.25, -0.2) is 4.90 Å². The summed E-state index contributed by atoms with van der Waals surface area (Å²) in [5.41, 5.74) is 2.61. The zero-order valence-electron chi connectivity index (χ0n) is 16.9. The normalized spacial score (nSPS) is 13.5. The van der Waals surface area contributed by atoms with Crippen LogP contribution in [0, 0.1) is 6.92 Å². The Hall–Kier alpha value is -4.10. The molecule has 0 fully saturated rings. The predicted octanol–water partition coefficient (Wildman–Crippen LogP) is 4.39. The van der Waals surface area contributed by atoms with Crippen LogP contribution in [-0.4, -0.2) is 22.8 Å². The van der Waals surface area contributed by atoms with Crippen molar-refractivity contribution >= 4 is 46.4 Å². The number of halogens is 1. The summed E-state index contributed by atoms with van der Waals surface area (Å²) in [6.45, 7) is 1.90.